The third-order valence-corrected chi connectivity index (χ3v) is 4.21. The number of aliphatic carboxylic acids is 1. The fourth-order valence-electron chi connectivity index (χ4n) is 2.08. The van der Waals surface area contributed by atoms with Crippen LogP contribution in [0.5, 0.6) is 0 Å². The molecular formula is C15H24O2S. The molecule has 1 rings (SSSR count). The topological polar surface area (TPSA) is 37.3 Å². The van der Waals surface area contributed by atoms with Crippen LogP contribution in [0.1, 0.15) is 61.8 Å². The van der Waals surface area contributed by atoms with E-state index in [1.807, 2.05) is 11.3 Å². The minimum atomic E-state index is -0.666. The fraction of sp³-hybridized carbons (Fsp3) is 0.667. The van der Waals surface area contributed by atoms with Crippen LogP contribution < -0.4 is 0 Å². The number of hydrogen-bond acceptors (Lipinski definition) is 2. The molecule has 0 radical (unpaired) electrons. The standard InChI is InChI=1S/C15H24O2S/c1-13-11-14(18-12-13)9-7-5-3-2-4-6-8-10-15(16)17/h11-12H,2-10H2,1H3,(H,16,17). The molecule has 0 aliphatic rings. The Balaban J connectivity index is 1.85. The lowest BCUT2D eigenvalue weighted by atomic mass is 10.1. The zero-order valence-electron chi connectivity index (χ0n) is 11.3. The molecule has 0 atom stereocenters. The van der Waals surface area contributed by atoms with Crippen LogP contribution in [0.3, 0.4) is 0 Å². The van der Waals surface area contributed by atoms with Crippen molar-refractivity contribution in [1.29, 1.82) is 0 Å². The summed E-state index contributed by atoms with van der Waals surface area (Å²) in [5, 5.41) is 10.7. The maximum atomic E-state index is 10.3. The smallest absolute Gasteiger partial charge is 0.303 e. The lowest BCUT2D eigenvalue weighted by molar-refractivity contribution is -0.137. The Morgan fingerprint density at radius 3 is 2.28 bits per heavy atom. The third kappa shape index (κ3) is 7.49. The largest absolute Gasteiger partial charge is 0.481 e. The van der Waals surface area contributed by atoms with Crippen molar-refractivity contribution in [2.75, 3.05) is 0 Å². The Morgan fingerprint density at radius 2 is 1.72 bits per heavy atom. The summed E-state index contributed by atoms with van der Waals surface area (Å²) in [6, 6.07) is 2.29. The normalized spacial score (nSPS) is 10.7. The van der Waals surface area contributed by atoms with Gasteiger partial charge in [0.15, 0.2) is 0 Å². The van der Waals surface area contributed by atoms with E-state index in [4.69, 9.17) is 5.11 Å². The molecule has 0 aliphatic heterocycles. The second-order valence-corrected chi connectivity index (χ2v) is 5.95. The first-order valence-corrected chi connectivity index (χ1v) is 7.82. The van der Waals surface area contributed by atoms with Crippen molar-refractivity contribution < 1.29 is 9.90 Å². The number of carbonyl (C=O) groups is 1. The van der Waals surface area contributed by atoms with Crippen LogP contribution >= 0.6 is 11.3 Å². The molecule has 0 fully saturated rings. The average molecular weight is 268 g/mol. The number of aryl methyl sites for hydroxylation is 2. The van der Waals surface area contributed by atoms with Gasteiger partial charge in [0, 0.05) is 11.3 Å². The number of thiophene rings is 1. The molecule has 3 heteroatoms. The van der Waals surface area contributed by atoms with E-state index in [-0.39, 0.29) is 0 Å². The van der Waals surface area contributed by atoms with Gasteiger partial charge in [0.1, 0.15) is 0 Å². The highest BCUT2D eigenvalue weighted by molar-refractivity contribution is 7.10. The van der Waals surface area contributed by atoms with Gasteiger partial charge in [-0.05, 0) is 43.2 Å². The number of rotatable bonds is 10. The van der Waals surface area contributed by atoms with E-state index in [0.29, 0.717) is 6.42 Å². The van der Waals surface area contributed by atoms with Gasteiger partial charge in [-0.25, -0.2) is 0 Å². The molecule has 0 saturated heterocycles. The highest BCUT2D eigenvalue weighted by atomic mass is 32.1. The summed E-state index contributed by atoms with van der Waals surface area (Å²) in [6.07, 6.45) is 9.77. The van der Waals surface area contributed by atoms with Gasteiger partial charge in [-0.1, -0.05) is 32.1 Å². The van der Waals surface area contributed by atoms with Crippen molar-refractivity contribution in [2.24, 2.45) is 0 Å². The second-order valence-electron chi connectivity index (χ2n) is 4.96. The first-order valence-electron chi connectivity index (χ1n) is 6.94. The molecule has 102 valence electrons. The lowest BCUT2D eigenvalue weighted by Gasteiger charge is -2.01. The van der Waals surface area contributed by atoms with E-state index in [9.17, 15) is 4.79 Å². The molecule has 1 heterocycles. The van der Waals surface area contributed by atoms with E-state index in [2.05, 4.69) is 18.4 Å². The molecule has 1 aromatic rings. The average Bonchev–Trinajstić information content (AvgIpc) is 2.72. The fourth-order valence-corrected chi connectivity index (χ4v) is 3.00. The first kappa shape index (κ1) is 15.2. The van der Waals surface area contributed by atoms with Gasteiger partial charge >= 0.3 is 5.97 Å². The minimum Gasteiger partial charge on any atom is -0.481 e. The molecule has 0 amide bonds. The van der Waals surface area contributed by atoms with Crippen LogP contribution in [0.4, 0.5) is 0 Å². The van der Waals surface area contributed by atoms with E-state index in [1.165, 1.54) is 49.0 Å². The summed E-state index contributed by atoms with van der Waals surface area (Å²) in [5.41, 5.74) is 1.38. The maximum Gasteiger partial charge on any atom is 0.303 e. The van der Waals surface area contributed by atoms with Crippen molar-refractivity contribution in [2.45, 2.75) is 64.7 Å². The highest BCUT2D eigenvalue weighted by Gasteiger charge is 1.98. The van der Waals surface area contributed by atoms with Crippen LogP contribution in [-0.2, 0) is 11.2 Å². The lowest BCUT2D eigenvalue weighted by Crippen LogP contribution is -1.93. The van der Waals surface area contributed by atoms with Crippen LogP contribution in [-0.4, -0.2) is 11.1 Å². The Labute approximate surface area is 114 Å². The molecule has 0 aromatic carbocycles. The van der Waals surface area contributed by atoms with E-state index >= 15 is 0 Å². The van der Waals surface area contributed by atoms with E-state index in [0.717, 1.165) is 12.8 Å². The summed E-state index contributed by atoms with van der Waals surface area (Å²) >= 11 is 1.87. The van der Waals surface area contributed by atoms with Gasteiger partial charge in [-0.15, -0.1) is 11.3 Å². The summed E-state index contributed by atoms with van der Waals surface area (Å²) in [6.45, 7) is 2.15. The number of carboxylic acid groups (broad SMARTS) is 1. The molecule has 0 bridgehead atoms. The number of carboxylic acids is 1. The highest BCUT2D eigenvalue weighted by Crippen LogP contribution is 2.17. The van der Waals surface area contributed by atoms with Gasteiger partial charge < -0.3 is 5.11 Å². The third-order valence-electron chi connectivity index (χ3n) is 3.10. The molecular weight excluding hydrogens is 244 g/mol. The summed E-state index contributed by atoms with van der Waals surface area (Å²) < 4.78 is 0. The minimum absolute atomic E-state index is 0.331. The molecule has 1 N–H and O–H groups in total. The monoisotopic (exact) mass is 268 g/mol. The van der Waals surface area contributed by atoms with Crippen molar-refractivity contribution in [3.05, 3.63) is 21.9 Å². The van der Waals surface area contributed by atoms with Crippen LogP contribution in [0.2, 0.25) is 0 Å². The van der Waals surface area contributed by atoms with Gasteiger partial charge in [-0.3, -0.25) is 4.79 Å². The van der Waals surface area contributed by atoms with Gasteiger partial charge in [0.25, 0.3) is 0 Å². The Hall–Kier alpha value is -0.830. The first-order chi connectivity index (χ1) is 8.68. The molecule has 0 spiro atoms. The van der Waals surface area contributed by atoms with Gasteiger partial charge in [0.05, 0.1) is 0 Å². The van der Waals surface area contributed by atoms with Crippen molar-refractivity contribution in [3.8, 4) is 0 Å². The zero-order valence-corrected chi connectivity index (χ0v) is 12.1. The molecule has 2 nitrogen and oxygen atoms in total. The Kier molecular flexibility index (Phi) is 7.74. The van der Waals surface area contributed by atoms with Gasteiger partial charge in [-0.2, -0.15) is 0 Å². The van der Waals surface area contributed by atoms with Crippen molar-refractivity contribution in [3.63, 3.8) is 0 Å². The predicted molar refractivity (Wildman–Crippen MR) is 77.3 cm³/mol. The predicted octanol–water partition coefficient (Wildman–Crippen LogP) is 4.80. The van der Waals surface area contributed by atoms with Crippen LogP contribution in [0, 0.1) is 6.92 Å². The zero-order chi connectivity index (χ0) is 13.2. The summed E-state index contributed by atoms with van der Waals surface area (Å²) in [7, 11) is 0. The van der Waals surface area contributed by atoms with E-state index in [1.54, 1.807) is 0 Å². The van der Waals surface area contributed by atoms with Gasteiger partial charge in [0.2, 0.25) is 0 Å². The summed E-state index contributed by atoms with van der Waals surface area (Å²) in [5.74, 6) is -0.666. The second kappa shape index (κ2) is 9.15. The van der Waals surface area contributed by atoms with Crippen molar-refractivity contribution >= 4 is 17.3 Å². The summed E-state index contributed by atoms with van der Waals surface area (Å²) in [4.78, 5) is 11.8. The Bertz CT molecular complexity index is 344. The van der Waals surface area contributed by atoms with E-state index < -0.39 is 5.97 Å². The van der Waals surface area contributed by atoms with Crippen LogP contribution in [0.25, 0.3) is 0 Å². The Morgan fingerprint density at radius 1 is 1.11 bits per heavy atom. The number of hydrogen-bond donors (Lipinski definition) is 1. The molecule has 0 unspecified atom stereocenters. The molecule has 0 aliphatic carbocycles. The molecule has 1 aromatic heterocycles. The quantitative estimate of drug-likeness (QED) is 0.619. The van der Waals surface area contributed by atoms with Crippen LogP contribution in [0.15, 0.2) is 11.4 Å². The number of unbranched alkanes of at least 4 members (excludes halogenated alkanes) is 6. The van der Waals surface area contributed by atoms with Crippen molar-refractivity contribution in [1.82, 2.24) is 0 Å². The molecule has 0 saturated carbocycles. The molecule has 18 heavy (non-hydrogen) atoms. The SMILES string of the molecule is Cc1csc(CCCCCCCCCC(=O)O)c1. The maximum absolute atomic E-state index is 10.3.